The molecule has 1 fully saturated rings. The SMILES string of the molecule is CCC1C(=O)C1C(O)[C@H](CC(C)C)NC[C@@H](CC(C)C)NC(=O)OCc1ccccc1. The van der Waals surface area contributed by atoms with Gasteiger partial charge in [0.1, 0.15) is 12.4 Å². The van der Waals surface area contributed by atoms with Crippen molar-refractivity contribution in [3.63, 3.8) is 0 Å². The van der Waals surface area contributed by atoms with Crippen molar-refractivity contribution in [2.24, 2.45) is 23.7 Å². The van der Waals surface area contributed by atoms with Gasteiger partial charge in [0.25, 0.3) is 0 Å². The van der Waals surface area contributed by atoms with E-state index in [9.17, 15) is 14.7 Å². The molecule has 5 atom stereocenters. The van der Waals surface area contributed by atoms with E-state index in [0.29, 0.717) is 18.4 Å². The van der Waals surface area contributed by atoms with Gasteiger partial charge in [-0.2, -0.15) is 0 Å². The first kappa shape index (κ1) is 25.3. The van der Waals surface area contributed by atoms with E-state index in [-0.39, 0.29) is 36.3 Å². The van der Waals surface area contributed by atoms with Crippen molar-refractivity contribution in [2.75, 3.05) is 6.54 Å². The minimum absolute atomic E-state index is 0.0102. The number of ether oxygens (including phenoxy) is 1. The first-order valence-corrected chi connectivity index (χ1v) is 11.6. The number of Topliss-reactive ketones (excluding diaryl/α,β-unsaturated/α-hetero) is 1. The molecule has 31 heavy (non-hydrogen) atoms. The van der Waals surface area contributed by atoms with Crippen LogP contribution in [0.2, 0.25) is 0 Å². The lowest BCUT2D eigenvalue weighted by Crippen LogP contribution is -2.50. The highest BCUT2D eigenvalue weighted by Crippen LogP contribution is 2.40. The summed E-state index contributed by atoms with van der Waals surface area (Å²) in [6, 6.07) is 9.28. The molecular weight excluding hydrogens is 392 g/mol. The van der Waals surface area contributed by atoms with Crippen LogP contribution in [0, 0.1) is 23.7 Å². The molecule has 0 aromatic heterocycles. The molecule has 1 aromatic rings. The lowest BCUT2D eigenvalue weighted by atomic mass is 9.94. The summed E-state index contributed by atoms with van der Waals surface area (Å²) in [7, 11) is 0. The number of hydrogen-bond donors (Lipinski definition) is 3. The van der Waals surface area contributed by atoms with E-state index in [1.165, 1.54) is 0 Å². The van der Waals surface area contributed by atoms with Crippen LogP contribution in [-0.4, -0.2) is 41.7 Å². The van der Waals surface area contributed by atoms with E-state index in [0.717, 1.165) is 24.8 Å². The molecule has 3 unspecified atom stereocenters. The molecule has 0 spiro atoms. The first-order chi connectivity index (χ1) is 14.7. The molecule has 3 N–H and O–H groups in total. The number of carbonyl (C=O) groups is 2. The third kappa shape index (κ3) is 8.26. The van der Waals surface area contributed by atoms with Crippen molar-refractivity contribution >= 4 is 11.9 Å². The van der Waals surface area contributed by atoms with Crippen LogP contribution < -0.4 is 10.6 Å². The van der Waals surface area contributed by atoms with Crippen molar-refractivity contribution in [3.8, 4) is 0 Å². The van der Waals surface area contributed by atoms with Crippen LogP contribution in [0.4, 0.5) is 4.79 Å². The Bertz CT molecular complexity index is 692. The molecule has 174 valence electrons. The number of aliphatic hydroxyl groups excluding tert-OH is 1. The van der Waals surface area contributed by atoms with Gasteiger partial charge in [-0.1, -0.05) is 65.0 Å². The number of alkyl carbamates (subject to hydrolysis) is 1. The molecule has 0 aliphatic heterocycles. The number of amides is 1. The molecule has 1 saturated carbocycles. The summed E-state index contributed by atoms with van der Waals surface area (Å²) in [6.45, 7) is 11.2. The quantitative estimate of drug-likeness (QED) is 0.440. The number of hydrogen-bond acceptors (Lipinski definition) is 5. The first-order valence-electron chi connectivity index (χ1n) is 11.6. The van der Waals surface area contributed by atoms with Gasteiger partial charge in [-0.25, -0.2) is 4.79 Å². The average molecular weight is 433 g/mol. The molecule has 0 heterocycles. The number of nitrogens with one attached hydrogen (secondary N) is 2. The number of benzene rings is 1. The fraction of sp³-hybridized carbons (Fsp3) is 0.680. The maximum Gasteiger partial charge on any atom is 0.407 e. The Morgan fingerprint density at radius 3 is 2.29 bits per heavy atom. The third-order valence-corrected chi connectivity index (χ3v) is 5.88. The van der Waals surface area contributed by atoms with Crippen LogP contribution in [0.1, 0.15) is 59.4 Å². The van der Waals surface area contributed by atoms with E-state index in [4.69, 9.17) is 4.74 Å². The van der Waals surface area contributed by atoms with Gasteiger partial charge in [-0.05, 0) is 36.7 Å². The second kappa shape index (κ2) is 12.2. The largest absolute Gasteiger partial charge is 0.445 e. The zero-order valence-electron chi connectivity index (χ0n) is 19.6. The highest BCUT2D eigenvalue weighted by molar-refractivity contribution is 5.99. The predicted molar refractivity (Wildman–Crippen MR) is 123 cm³/mol. The zero-order valence-corrected chi connectivity index (χ0v) is 19.6. The second-order valence-electron chi connectivity index (χ2n) is 9.61. The van der Waals surface area contributed by atoms with Gasteiger partial charge in [0.2, 0.25) is 0 Å². The van der Waals surface area contributed by atoms with E-state index < -0.39 is 12.2 Å². The summed E-state index contributed by atoms with van der Waals surface area (Å²) in [4.78, 5) is 24.4. The molecule has 1 aliphatic carbocycles. The predicted octanol–water partition coefficient (Wildman–Crippen LogP) is 3.92. The number of carbonyl (C=O) groups excluding carboxylic acids is 2. The van der Waals surface area contributed by atoms with Crippen LogP contribution in [-0.2, 0) is 16.1 Å². The Morgan fingerprint density at radius 1 is 1.10 bits per heavy atom. The van der Waals surface area contributed by atoms with Crippen LogP contribution in [0.5, 0.6) is 0 Å². The Hall–Kier alpha value is -1.92. The molecular formula is C25H40N2O4. The zero-order chi connectivity index (χ0) is 23.0. The number of ketones is 1. The maximum atomic E-state index is 12.4. The molecule has 1 aromatic carbocycles. The van der Waals surface area contributed by atoms with Gasteiger partial charge in [-0.3, -0.25) is 4.79 Å². The normalized spacial score (nSPS) is 21.1. The van der Waals surface area contributed by atoms with Crippen molar-refractivity contribution in [1.29, 1.82) is 0 Å². The highest BCUT2D eigenvalue weighted by atomic mass is 16.5. The van der Waals surface area contributed by atoms with Crippen molar-refractivity contribution in [2.45, 2.75) is 78.7 Å². The number of rotatable bonds is 13. The van der Waals surface area contributed by atoms with Gasteiger partial charge in [0.05, 0.1) is 12.0 Å². The molecule has 0 radical (unpaired) electrons. The molecule has 6 heteroatoms. The second-order valence-corrected chi connectivity index (χ2v) is 9.61. The van der Waals surface area contributed by atoms with Gasteiger partial charge >= 0.3 is 6.09 Å². The van der Waals surface area contributed by atoms with Gasteiger partial charge in [0.15, 0.2) is 0 Å². The fourth-order valence-electron chi connectivity index (χ4n) is 4.26. The molecule has 2 rings (SSSR count). The molecule has 1 amide bonds. The average Bonchev–Trinajstić information content (AvgIpc) is 3.38. The van der Waals surface area contributed by atoms with E-state index in [1.54, 1.807) is 0 Å². The molecule has 0 bridgehead atoms. The topological polar surface area (TPSA) is 87.7 Å². The Morgan fingerprint density at radius 2 is 1.74 bits per heavy atom. The maximum absolute atomic E-state index is 12.4. The van der Waals surface area contributed by atoms with Crippen LogP contribution in [0.3, 0.4) is 0 Å². The summed E-state index contributed by atoms with van der Waals surface area (Å²) >= 11 is 0. The van der Waals surface area contributed by atoms with Crippen LogP contribution in [0.15, 0.2) is 30.3 Å². The molecule has 1 aliphatic rings. The molecule has 6 nitrogen and oxygen atoms in total. The third-order valence-electron chi connectivity index (χ3n) is 5.88. The summed E-state index contributed by atoms with van der Waals surface area (Å²) in [5.41, 5.74) is 0.941. The summed E-state index contributed by atoms with van der Waals surface area (Å²) in [6.07, 6.45) is 1.21. The van der Waals surface area contributed by atoms with E-state index >= 15 is 0 Å². The Balaban J connectivity index is 1.92. The lowest BCUT2D eigenvalue weighted by Gasteiger charge is -2.29. The van der Waals surface area contributed by atoms with Crippen molar-refractivity contribution < 1.29 is 19.4 Å². The van der Waals surface area contributed by atoms with Crippen molar-refractivity contribution in [1.82, 2.24) is 10.6 Å². The fourth-order valence-corrected chi connectivity index (χ4v) is 4.26. The monoisotopic (exact) mass is 432 g/mol. The Kier molecular flexibility index (Phi) is 9.97. The lowest BCUT2D eigenvalue weighted by molar-refractivity contribution is -0.113. The number of aliphatic hydroxyl groups is 1. The summed E-state index contributed by atoms with van der Waals surface area (Å²) in [5, 5.41) is 17.3. The van der Waals surface area contributed by atoms with E-state index in [1.807, 2.05) is 37.3 Å². The van der Waals surface area contributed by atoms with Crippen molar-refractivity contribution in [3.05, 3.63) is 35.9 Å². The van der Waals surface area contributed by atoms with Gasteiger partial charge < -0.3 is 20.5 Å². The van der Waals surface area contributed by atoms with Crippen LogP contribution >= 0.6 is 0 Å². The Labute approximate surface area is 187 Å². The smallest absolute Gasteiger partial charge is 0.407 e. The van der Waals surface area contributed by atoms with Gasteiger partial charge in [0, 0.05) is 24.5 Å². The standard InChI is InChI=1S/C25H40N2O4/c1-6-20-22(23(20)28)24(29)21(13-17(4)5)26-14-19(12-16(2)3)27-25(30)31-15-18-10-8-7-9-11-18/h7-11,16-17,19-22,24,26,29H,6,12-15H2,1-5H3,(H,27,30)/t19-,20?,21+,22?,24?/m1/s1. The minimum Gasteiger partial charge on any atom is -0.445 e. The highest BCUT2D eigenvalue weighted by Gasteiger charge is 2.53. The minimum atomic E-state index is -0.690. The summed E-state index contributed by atoms with van der Waals surface area (Å²) in [5.74, 6) is 0.683. The van der Waals surface area contributed by atoms with E-state index in [2.05, 4.69) is 38.3 Å². The molecule has 0 saturated heterocycles. The summed E-state index contributed by atoms with van der Waals surface area (Å²) < 4.78 is 5.38. The van der Waals surface area contributed by atoms with Crippen LogP contribution in [0.25, 0.3) is 0 Å². The van der Waals surface area contributed by atoms with Gasteiger partial charge in [-0.15, -0.1) is 0 Å².